The van der Waals surface area contributed by atoms with Gasteiger partial charge in [0.05, 0.1) is 19.8 Å². The molecule has 420 valence electrons. The third kappa shape index (κ3) is 52.7. The number of phosphoric ester groups is 1. The molecule has 0 heterocycles. The van der Waals surface area contributed by atoms with Gasteiger partial charge in [-0.2, -0.15) is 0 Å². The van der Waals surface area contributed by atoms with Crippen molar-refractivity contribution in [1.29, 1.82) is 0 Å². The minimum Gasteiger partial charge on any atom is -0.462 e. The van der Waals surface area contributed by atoms with E-state index >= 15 is 0 Å². The Labute approximate surface area is 449 Å². The highest BCUT2D eigenvalue weighted by Crippen LogP contribution is 2.43. The van der Waals surface area contributed by atoms with Crippen molar-refractivity contribution in [2.24, 2.45) is 0 Å². The van der Waals surface area contributed by atoms with Crippen LogP contribution in [0.3, 0.4) is 0 Å². The monoisotopic (exact) mass is 1050 g/mol. The smallest absolute Gasteiger partial charge is 0.462 e. The first-order chi connectivity index (χ1) is 36.2. The molecular weight excluding hydrogens is 952 g/mol. The fourth-order valence-corrected chi connectivity index (χ4v) is 7.85. The molecule has 0 saturated carbocycles. The molecule has 12 heteroatoms. The molecule has 0 aliphatic carbocycles. The van der Waals surface area contributed by atoms with Crippen molar-refractivity contribution >= 4 is 25.7 Å². The topological polar surface area (TPSA) is 155 Å². The maximum absolute atomic E-state index is 12.9. The van der Waals surface area contributed by atoms with Crippen LogP contribution in [0.2, 0.25) is 0 Å². The van der Waals surface area contributed by atoms with E-state index in [9.17, 15) is 28.9 Å². The first-order valence-corrected chi connectivity index (χ1v) is 29.9. The van der Waals surface area contributed by atoms with Crippen LogP contribution < -0.4 is 0 Å². The van der Waals surface area contributed by atoms with Crippen molar-refractivity contribution in [1.82, 2.24) is 0 Å². The number of hydrogen-bond acceptors (Lipinski definition) is 10. The van der Waals surface area contributed by atoms with Gasteiger partial charge in [-0.05, 0) is 116 Å². The Bertz CT molecular complexity index is 1700. The summed E-state index contributed by atoms with van der Waals surface area (Å²) < 4.78 is 39.4. The number of aliphatic hydroxyl groups is 1. The molecule has 3 unspecified atom stereocenters. The summed E-state index contributed by atoms with van der Waals surface area (Å²) in [6.07, 6.45) is 67.4. The molecule has 0 spiro atoms. The first-order valence-electron chi connectivity index (χ1n) is 28.4. The average molecular weight is 1050 g/mol. The molecule has 0 amide bonds. The van der Waals surface area contributed by atoms with Crippen LogP contribution in [0.4, 0.5) is 0 Å². The highest BCUT2D eigenvalue weighted by atomic mass is 31.2. The lowest BCUT2D eigenvalue weighted by molar-refractivity contribution is -0.161. The fraction of sp³-hybridized carbons (Fsp3) is 0.629. The molecule has 0 aliphatic rings. The van der Waals surface area contributed by atoms with Gasteiger partial charge in [0.1, 0.15) is 12.7 Å². The zero-order chi connectivity index (χ0) is 54.1. The number of rotatable bonds is 51. The second-order valence-corrected chi connectivity index (χ2v) is 19.8. The number of phosphoric acid groups is 1. The van der Waals surface area contributed by atoms with E-state index in [1.165, 1.54) is 12.8 Å². The highest BCUT2D eigenvalue weighted by molar-refractivity contribution is 7.47. The van der Waals surface area contributed by atoms with Gasteiger partial charge in [0, 0.05) is 19.3 Å². The van der Waals surface area contributed by atoms with Crippen molar-refractivity contribution in [3.05, 3.63) is 122 Å². The number of carbonyl (C=O) groups excluding carboxylic acids is 3. The Kier molecular flexibility index (Phi) is 52.1. The molecule has 0 rings (SSSR count). The van der Waals surface area contributed by atoms with Gasteiger partial charge in [-0.15, -0.1) is 0 Å². The molecule has 0 fully saturated rings. The van der Waals surface area contributed by atoms with E-state index in [0.29, 0.717) is 25.7 Å². The number of allylic oxidation sites excluding steroid dienone is 20. The van der Waals surface area contributed by atoms with E-state index in [0.717, 1.165) is 135 Å². The van der Waals surface area contributed by atoms with E-state index in [-0.39, 0.29) is 25.9 Å². The van der Waals surface area contributed by atoms with Crippen molar-refractivity contribution in [3.8, 4) is 0 Å². The van der Waals surface area contributed by atoms with E-state index in [4.69, 9.17) is 23.3 Å². The molecule has 0 bridgehead atoms. The molecule has 74 heavy (non-hydrogen) atoms. The first kappa shape index (κ1) is 69.9. The summed E-state index contributed by atoms with van der Waals surface area (Å²) in [5, 5.41) is 9.79. The summed E-state index contributed by atoms with van der Waals surface area (Å²) in [5.41, 5.74) is 0. The van der Waals surface area contributed by atoms with Crippen LogP contribution in [-0.2, 0) is 42.2 Å². The van der Waals surface area contributed by atoms with Gasteiger partial charge in [0.15, 0.2) is 6.10 Å². The molecule has 0 aromatic carbocycles. The maximum atomic E-state index is 12.9. The van der Waals surface area contributed by atoms with Crippen LogP contribution in [0.15, 0.2) is 122 Å². The van der Waals surface area contributed by atoms with Gasteiger partial charge in [0.2, 0.25) is 0 Å². The van der Waals surface area contributed by atoms with Crippen molar-refractivity contribution in [3.63, 3.8) is 0 Å². The Morgan fingerprint density at radius 1 is 0.392 bits per heavy atom. The highest BCUT2D eigenvalue weighted by Gasteiger charge is 2.28. The van der Waals surface area contributed by atoms with Crippen molar-refractivity contribution in [2.75, 3.05) is 26.4 Å². The Morgan fingerprint density at radius 2 is 0.716 bits per heavy atom. The molecule has 0 aromatic rings. The average Bonchev–Trinajstić information content (AvgIpc) is 3.39. The van der Waals surface area contributed by atoms with Crippen LogP contribution in [0.5, 0.6) is 0 Å². The Morgan fingerprint density at radius 3 is 1.15 bits per heavy atom. The Balaban J connectivity index is 4.86. The van der Waals surface area contributed by atoms with E-state index in [1.807, 2.05) is 12.2 Å². The van der Waals surface area contributed by atoms with Gasteiger partial charge < -0.3 is 24.2 Å². The van der Waals surface area contributed by atoms with E-state index < -0.39 is 57.8 Å². The number of carbonyl (C=O) groups is 3. The standard InChI is InChI=1S/C62H101O11P/c1-4-7-10-13-16-19-22-24-26-28-29-31-32-34-37-39-42-45-48-51-60(64)69-55-59(73-62(66)53-50-47-44-41-38-35-33-30-27-25-23-20-17-14-11-8-5-2)57-71-74(67,68)70-56-58(54-63)72-61(65)52-49-46-43-40-36-21-18-15-12-9-6-3/h7-8,10-11,15-20,24-27,29,31,33,35,41,44,58-59,63H,4-6,9,12-14,21-23,28,30,32,34,36-40,42-43,45-57H2,1-3H3,(H,67,68)/b10-7-,11-8-,18-15-,19-16-,20-17-,26-24-,27-25-,31-29-,35-33-,44-41-. The van der Waals surface area contributed by atoms with Gasteiger partial charge in [0.25, 0.3) is 0 Å². The number of ether oxygens (including phenoxy) is 3. The molecule has 2 N–H and O–H groups in total. The quantitative estimate of drug-likeness (QED) is 0.0197. The molecule has 0 aliphatic heterocycles. The fourth-order valence-electron chi connectivity index (χ4n) is 7.07. The normalized spacial score (nSPS) is 14.3. The minimum absolute atomic E-state index is 0.0792. The van der Waals surface area contributed by atoms with Crippen LogP contribution >= 0.6 is 7.82 Å². The third-order valence-electron chi connectivity index (χ3n) is 11.3. The van der Waals surface area contributed by atoms with Gasteiger partial charge in [-0.25, -0.2) is 4.57 Å². The molecule has 0 radical (unpaired) electrons. The summed E-state index contributed by atoms with van der Waals surface area (Å²) in [6, 6.07) is 0. The van der Waals surface area contributed by atoms with Crippen LogP contribution in [0.1, 0.15) is 213 Å². The summed E-state index contributed by atoms with van der Waals surface area (Å²) in [6.45, 7) is 4.27. The van der Waals surface area contributed by atoms with Crippen molar-refractivity contribution < 1.29 is 52.2 Å². The largest absolute Gasteiger partial charge is 0.472 e. The summed E-state index contributed by atoms with van der Waals surface area (Å²) in [5.74, 6) is -1.57. The van der Waals surface area contributed by atoms with E-state index in [1.54, 1.807) is 0 Å². The molecule has 3 atom stereocenters. The zero-order valence-corrected chi connectivity index (χ0v) is 47.2. The van der Waals surface area contributed by atoms with Gasteiger partial charge in [-0.1, -0.05) is 200 Å². The summed E-state index contributed by atoms with van der Waals surface area (Å²) in [7, 11) is -4.77. The SMILES string of the molecule is CC/C=C\C/C=C\C/C=C\C/C=C\C/C=C\CCCC(=O)OC(COC(=O)CCCCCCCC/C=C\C/C=C\C/C=C\C/C=C\CC)COP(=O)(O)OCC(CO)OC(=O)CCCCCCC/C=C\CCCC. The predicted molar refractivity (Wildman–Crippen MR) is 306 cm³/mol. The lowest BCUT2D eigenvalue weighted by Gasteiger charge is -2.21. The van der Waals surface area contributed by atoms with Gasteiger partial charge >= 0.3 is 25.7 Å². The third-order valence-corrected chi connectivity index (χ3v) is 12.3. The van der Waals surface area contributed by atoms with Crippen molar-refractivity contribution in [2.45, 2.75) is 226 Å². The number of aliphatic hydroxyl groups excluding tert-OH is 1. The molecule has 0 saturated heterocycles. The van der Waals surface area contributed by atoms with Crippen LogP contribution in [0.25, 0.3) is 0 Å². The van der Waals surface area contributed by atoms with Crippen LogP contribution in [0, 0.1) is 0 Å². The van der Waals surface area contributed by atoms with Gasteiger partial charge in [-0.3, -0.25) is 23.4 Å². The van der Waals surface area contributed by atoms with E-state index in [2.05, 4.69) is 130 Å². The second-order valence-electron chi connectivity index (χ2n) is 18.3. The number of esters is 3. The zero-order valence-electron chi connectivity index (χ0n) is 46.3. The summed E-state index contributed by atoms with van der Waals surface area (Å²) >= 11 is 0. The Hall–Kier alpha value is -4.12. The number of unbranched alkanes of at least 4 members (excludes halogenated alkanes) is 14. The maximum Gasteiger partial charge on any atom is 0.472 e. The second kappa shape index (κ2) is 55.1. The minimum atomic E-state index is -4.77. The predicted octanol–water partition coefficient (Wildman–Crippen LogP) is 16.8. The molecular formula is C62H101O11P. The molecule has 0 aromatic heterocycles. The summed E-state index contributed by atoms with van der Waals surface area (Å²) in [4.78, 5) is 48.5. The lowest BCUT2D eigenvalue weighted by Crippen LogP contribution is -2.30. The van der Waals surface area contributed by atoms with Crippen LogP contribution in [-0.4, -0.2) is 66.5 Å². The number of hydrogen-bond donors (Lipinski definition) is 2. The lowest BCUT2D eigenvalue weighted by atomic mass is 10.1. The molecule has 11 nitrogen and oxygen atoms in total.